The summed E-state index contributed by atoms with van der Waals surface area (Å²) in [5.41, 5.74) is 4.43. The molecule has 3 nitrogen and oxygen atoms in total. The van der Waals surface area contributed by atoms with Gasteiger partial charge in [0.2, 0.25) is 0 Å². The molecular weight excluding hydrogens is 342 g/mol. The van der Waals surface area contributed by atoms with E-state index in [1.807, 2.05) is 42.5 Å². The lowest BCUT2D eigenvalue weighted by atomic mass is 9.81. The lowest BCUT2D eigenvalue weighted by Gasteiger charge is -2.27. The van der Waals surface area contributed by atoms with Crippen LogP contribution in [0.25, 0.3) is 6.08 Å². The molecule has 26 heavy (non-hydrogen) atoms. The molecule has 2 aromatic carbocycles. The number of hydrogen-bond acceptors (Lipinski definition) is 2. The molecule has 1 aliphatic heterocycles. The lowest BCUT2D eigenvalue weighted by molar-refractivity contribution is 0.477. The highest BCUT2D eigenvalue weighted by atomic mass is 32.2. The van der Waals surface area contributed by atoms with E-state index in [2.05, 4.69) is 12.1 Å². The van der Waals surface area contributed by atoms with Gasteiger partial charge in [-0.05, 0) is 54.5 Å². The maximum absolute atomic E-state index is 13.6. The molecule has 0 aromatic heterocycles. The Labute approximate surface area is 155 Å². The van der Waals surface area contributed by atoms with Crippen LogP contribution < -0.4 is 4.31 Å². The molecule has 2 aromatic rings. The minimum Gasteiger partial charge on any atom is -0.265 e. The third-order valence-corrected chi connectivity index (χ3v) is 8.28. The van der Waals surface area contributed by atoms with Crippen LogP contribution in [0.15, 0.2) is 53.4 Å². The van der Waals surface area contributed by atoms with Gasteiger partial charge in [0, 0.05) is 12.0 Å². The van der Waals surface area contributed by atoms with Crippen LogP contribution in [-0.2, 0) is 21.9 Å². The molecule has 0 atom stereocenters. The number of fused-ring (bicyclic) bond motifs is 3. The molecule has 4 heteroatoms. The number of allylic oxidation sites excluding steroid dienone is 1. The molecule has 0 bridgehead atoms. The molecule has 134 valence electrons. The number of hydrogen-bond donors (Lipinski definition) is 0. The van der Waals surface area contributed by atoms with Crippen molar-refractivity contribution >= 4 is 21.8 Å². The summed E-state index contributed by atoms with van der Waals surface area (Å²) in [7, 11) is -3.49. The van der Waals surface area contributed by atoms with Gasteiger partial charge in [-0.25, -0.2) is 8.42 Å². The van der Waals surface area contributed by atoms with E-state index in [4.69, 9.17) is 0 Å². The van der Waals surface area contributed by atoms with Gasteiger partial charge in [0.05, 0.1) is 10.6 Å². The number of anilines is 1. The first kappa shape index (κ1) is 16.1. The second-order valence-corrected chi connectivity index (χ2v) is 9.74. The Morgan fingerprint density at radius 3 is 2.46 bits per heavy atom. The highest BCUT2D eigenvalue weighted by Gasteiger charge is 2.48. The number of nitrogens with zero attached hydrogens (tertiary/aromatic N) is 1. The minimum atomic E-state index is -3.49. The van der Waals surface area contributed by atoms with Crippen molar-refractivity contribution in [2.45, 2.75) is 43.9 Å². The zero-order valence-corrected chi connectivity index (χ0v) is 15.6. The summed E-state index contributed by atoms with van der Waals surface area (Å²) in [4.78, 5) is 0.557. The van der Waals surface area contributed by atoms with Crippen molar-refractivity contribution in [1.29, 1.82) is 0 Å². The van der Waals surface area contributed by atoms with Crippen molar-refractivity contribution < 1.29 is 8.42 Å². The summed E-state index contributed by atoms with van der Waals surface area (Å²) < 4.78 is 28.8. The zero-order valence-electron chi connectivity index (χ0n) is 14.8. The van der Waals surface area contributed by atoms with E-state index in [0.29, 0.717) is 17.9 Å². The van der Waals surface area contributed by atoms with E-state index < -0.39 is 10.0 Å². The van der Waals surface area contributed by atoms with Crippen LogP contribution in [0.5, 0.6) is 0 Å². The molecule has 0 amide bonds. The van der Waals surface area contributed by atoms with Crippen molar-refractivity contribution in [2.75, 3.05) is 10.8 Å². The van der Waals surface area contributed by atoms with Gasteiger partial charge in [-0.2, -0.15) is 0 Å². The minimum absolute atomic E-state index is 0.0246. The lowest BCUT2D eigenvalue weighted by Crippen LogP contribution is -2.36. The normalized spacial score (nSPS) is 20.8. The molecule has 1 heterocycles. The van der Waals surface area contributed by atoms with Crippen molar-refractivity contribution in [3.05, 3.63) is 70.1 Å². The molecule has 1 spiro atoms. The summed E-state index contributed by atoms with van der Waals surface area (Å²) in [5.74, 6) is 0. The smallest absolute Gasteiger partial charge is 0.260 e. The molecule has 1 fully saturated rings. The van der Waals surface area contributed by atoms with Crippen LogP contribution in [0.3, 0.4) is 0 Å². The van der Waals surface area contributed by atoms with E-state index in [0.717, 1.165) is 30.5 Å². The number of para-hydroxylation sites is 1. The standard InChI is InChI=1S/C22H23NO2S/c24-26(25,19-12-11-17-7-1-2-8-18(17)15-19)23-16-22(13-5-6-14-22)20-9-3-4-10-21(20)23/h1-4,7-10,15H,5-6,11-14,16H2. The van der Waals surface area contributed by atoms with Crippen LogP contribution in [-0.4, -0.2) is 15.0 Å². The molecule has 0 N–H and O–H groups in total. The summed E-state index contributed by atoms with van der Waals surface area (Å²) >= 11 is 0. The van der Waals surface area contributed by atoms with E-state index in [1.165, 1.54) is 24.0 Å². The van der Waals surface area contributed by atoms with Crippen LogP contribution in [0, 0.1) is 0 Å². The van der Waals surface area contributed by atoms with Gasteiger partial charge in [-0.3, -0.25) is 4.31 Å². The van der Waals surface area contributed by atoms with Crippen LogP contribution in [0.4, 0.5) is 5.69 Å². The Hall–Kier alpha value is -2.07. The maximum Gasteiger partial charge on any atom is 0.260 e. The Morgan fingerprint density at radius 2 is 1.62 bits per heavy atom. The van der Waals surface area contributed by atoms with Crippen molar-refractivity contribution in [1.82, 2.24) is 0 Å². The van der Waals surface area contributed by atoms with Gasteiger partial charge in [-0.1, -0.05) is 55.3 Å². The van der Waals surface area contributed by atoms with Gasteiger partial charge in [0.25, 0.3) is 10.0 Å². The molecule has 3 aliphatic rings. The zero-order chi connectivity index (χ0) is 17.8. The fraction of sp³-hybridized carbons (Fsp3) is 0.364. The predicted molar refractivity (Wildman–Crippen MR) is 106 cm³/mol. The Kier molecular flexibility index (Phi) is 3.54. The molecule has 1 saturated carbocycles. The van der Waals surface area contributed by atoms with E-state index >= 15 is 0 Å². The third kappa shape index (κ3) is 2.28. The summed E-state index contributed by atoms with van der Waals surface area (Å²) in [6.45, 7) is 0.605. The Balaban J connectivity index is 1.59. The highest BCUT2D eigenvalue weighted by Crippen LogP contribution is 2.52. The predicted octanol–water partition coefficient (Wildman–Crippen LogP) is 4.64. The van der Waals surface area contributed by atoms with Gasteiger partial charge in [0.1, 0.15) is 0 Å². The average molecular weight is 365 g/mol. The first-order valence-electron chi connectivity index (χ1n) is 9.51. The van der Waals surface area contributed by atoms with Gasteiger partial charge in [0.15, 0.2) is 0 Å². The summed E-state index contributed by atoms with van der Waals surface area (Å²) in [6, 6.07) is 16.2. The summed E-state index contributed by atoms with van der Waals surface area (Å²) in [6.07, 6.45) is 7.84. The Morgan fingerprint density at radius 1 is 0.885 bits per heavy atom. The van der Waals surface area contributed by atoms with Crippen LogP contribution >= 0.6 is 0 Å². The first-order chi connectivity index (χ1) is 12.6. The second-order valence-electron chi connectivity index (χ2n) is 7.83. The fourth-order valence-electron chi connectivity index (χ4n) is 5.03. The number of rotatable bonds is 2. The number of sulfonamides is 1. The quantitative estimate of drug-likeness (QED) is 0.778. The molecule has 0 unspecified atom stereocenters. The van der Waals surface area contributed by atoms with E-state index in [9.17, 15) is 8.42 Å². The van der Waals surface area contributed by atoms with Crippen molar-refractivity contribution in [3.8, 4) is 0 Å². The molecular formula is C22H23NO2S. The topological polar surface area (TPSA) is 37.4 Å². The van der Waals surface area contributed by atoms with E-state index in [-0.39, 0.29) is 5.41 Å². The molecule has 0 saturated heterocycles. The highest BCUT2D eigenvalue weighted by molar-refractivity contribution is 7.96. The SMILES string of the molecule is O=S(=O)(C1=Cc2ccccc2CC1)N1CC2(CCCC2)c2ccccc21. The van der Waals surface area contributed by atoms with Crippen LogP contribution in [0.1, 0.15) is 48.8 Å². The van der Waals surface area contributed by atoms with Gasteiger partial charge >= 0.3 is 0 Å². The number of benzene rings is 2. The molecule has 5 rings (SSSR count). The van der Waals surface area contributed by atoms with Crippen molar-refractivity contribution in [3.63, 3.8) is 0 Å². The second kappa shape index (κ2) is 5.71. The average Bonchev–Trinajstić information content (AvgIpc) is 3.28. The van der Waals surface area contributed by atoms with Gasteiger partial charge in [-0.15, -0.1) is 0 Å². The number of aryl methyl sites for hydroxylation is 1. The fourth-order valence-corrected chi connectivity index (χ4v) is 6.78. The summed E-state index contributed by atoms with van der Waals surface area (Å²) in [5, 5.41) is 0. The van der Waals surface area contributed by atoms with E-state index in [1.54, 1.807) is 4.31 Å². The molecule has 0 radical (unpaired) electrons. The van der Waals surface area contributed by atoms with Gasteiger partial charge < -0.3 is 0 Å². The largest absolute Gasteiger partial charge is 0.265 e. The van der Waals surface area contributed by atoms with Crippen molar-refractivity contribution in [2.24, 2.45) is 0 Å². The van der Waals surface area contributed by atoms with Crippen LogP contribution in [0.2, 0.25) is 0 Å². The maximum atomic E-state index is 13.6. The third-order valence-electron chi connectivity index (χ3n) is 6.38. The first-order valence-corrected chi connectivity index (χ1v) is 10.9. The Bertz CT molecular complexity index is 1000. The molecule has 2 aliphatic carbocycles. The monoisotopic (exact) mass is 365 g/mol.